The molecule has 1 aliphatic rings. The van der Waals surface area contributed by atoms with Gasteiger partial charge < -0.3 is 10.2 Å². The van der Waals surface area contributed by atoms with E-state index < -0.39 is 41.6 Å². The van der Waals surface area contributed by atoms with Crippen LogP contribution in [0.2, 0.25) is 0 Å². The molecule has 0 saturated carbocycles. The van der Waals surface area contributed by atoms with Gasteiger partial charge in [-0.2, -0.15) is 0 Å². The molecule has 8 heteroatoms. The Morgan fingerprint density at radius 2 is 1.22 bits per heavy atom. The average Bonchev–Trinajstić information content (AvgIpc) is 2.80. The summed E-state index contributed by atoms with van der Waals surface area (Å²) in [5.41, 5.74) is 1.61. The maximum Gasteiger partial charge on any atom is 0.316 e. The molecule has 4 rings (SSSR count). The normalized spacial score (nSPS) is 23.6. The smallest absolute Gasteiger partial charge is 0.316 e. The number of rotatable bonds is 6. The summed E-state index contributed by atoms with van der Waals surface area (Å²) in [5.74, 6) is -6.80. The van der Waals surface area contributed by atoms with E-state index >= 15 is 0 Å². The number of hydrogen-bond donors (Lipinski definition) is 2. The van der Waals surface area contributed by atoms with Crippen LogP contribution in [0.1, 0.15) is 29.0 Å². The van der Waals surface area contributed by atoms with Crippen LogP contribution in [0.3, 0.4) is 0 Å². The lowest BCUT2D eigenvalue weighted by atomic mass is 9.74. The molecule has 32 heavy (non-hydrogen) atoms. The second kappa shape index (κ2) is 9.07. The van der Waals surface area contributed by atoms with Crippen LogP contribution in [0, 0.1) is 11.8 Å². The second-order valence-corrected chi connectivity index (χ2v) is 7.59. The van der Waals surface area contributed by atoms with Gasteiger partial charge in [0.15, 0.2) is 5.78 Å². The zero-order valence-electron chi connectivity index (χ0n) is 17.0. The van der Waals surface area contributed by atoms with Crippen LogP contribution in [0.15, 0.2) is 79.1 Å². The van der Waals surface area contributed by atoms with Gasteiger partial charge in [-0.05, 0) is 29.8 Å². The maximum absolute atomic E-state index is 13.3. The molecule has 0 radical (unpaired) electrons. The SMILES string of the molecule is O=C(O)C1C(=O)C(C(=O)O)[C@H](c2ccccn2)N(Cc2ccccc2)[C@@H]1c1ccccn1. The van der Waals surface area contributed by atoms with E-state index in [0.717, 1.165) is 5.56 Å². The fraction of sp³-hybridized carbons (Fsp3) is 0.208. The van der Waals surface area contributed by atoms with E-state index in [-0.39, 0.29) is 6.54 Å². The van der Waals surface area contributed by atoms with Gasteiger partial charge in [0.1, 0.15) is 11.8 Å². The molecule has 1 fully saturated rings. The summed E-state index contributed by atoms with van der Waals surface area (Å²) >= 11 is 0. The van der Waals surface area contributed by atoms with Gasteiger partial charge in [-0.25, -0.2) is 0 Å². The first-order valence-corrected chi connectivity index (χ1v) is 10.1. The first-order chi connectivity index (χ1) is 15.5. The van der Waals surface area contributed by atoms with Crippen molar-refractivity contribution in [3.05, 3.63) is 96.1 Å². The van der Waals surface area contributed by atoms with Crippen molar-refractivity contribution < 1.29 is 24.6 Å². The minimum atomic E-state index is -1.59. The zero-order valence-corrected chi connectivity index (χ0v) is 17.0. The minimum Gasteiger partial charge on any atom is -0.481 e. The zero-order chi connectivity index (χ0) is 22.7. The largest absolute Gasteiger partial charge is 0.481 e. The Morgan fingerprint density at radius 3 is 1.62 bits per heavy atom. The van der Waals surface area contributed by atoms with E-state index in [1.54, 1.807) is 41.3 Å². The predicted octanol–water partition coefficient (Wildman–Crippen LogP) is 2.75. The molecule has 1 aliphatic heterocycles. The number of piperidine rings is 1. The van der Waals surface area contributed by atoms with E-state index in [0.29, 0.717) is 11.4 Å². The number of carbonyl (C=O) groups excluding carboxylic acids is 1. The number of ketones is 1. The molecule has 2 aromatic heterocycles. The number of pyridine rings is 2. The third kappa shape index (κ3) is 4.00. The number of likely N-dealkylation sites (tertiary alicyclic amines) is 1. The van der Waals surface area contributed by atoms with Crippen molar-refractivity contribution in [3.8, 4) is 0 Å². The van der Waals surface area contributed by atoms with Gasteiger partial charge in [-0.3, -0.25) is 29.3 Å². The second-order valence-electron chi connectivity index (χ2n) is 7.59. The van der Waals surface area contributed by atoms with E-state index in [1.165, 1.54) is 12.4 Å². The van der Waals surface area contributed by atoms with Crippen LogP contribution in [-0.4, -0.2) is 42.8 Å². The number of Topliss-reactive ketones (excluding diaryl/α,β-unsaturated/α-hetero) is 1. The standard InChI is InChI=1S/C24H21N3O5/c28-22-18(23(29)30)20(16-10-4-6-12-25-16)27(14-15-8-2-1-3-9-15)21(19(22)24(31)32)17-11-5-7-13-26-17/h1-13,18-21H,14H2,(H,29,30)(H,31,32)/t18?,19?,20-,21+. The first kappa shape index (κ1) is 21.3. The van der Waals surface area contributed by atoms with Crippen molar-refractivity contribution in [1.29, 1.82) is 0 Å². The molecule has 3 heterocycles. The Labute approximate surface area is 184 Å². The van der Waals surface area contributed by atoms with Crippen LogP contribution < -0.4 is 0 Å². The van der Waals surface area contributed by atoms with Gasteiger partial charge in [0.2, 0.25) is 0 Å². The highest BCUT2D eigenvalue weighted by Crippen LogP contribution is 2.46. The Kier molecular flexibility index (Phi) is 6.04. The van der Waals surface area contributed by atoms with Gasteiger partial charge in [0.25, 0.3) is 0 Å². The van der Waals surface area contributed by atoms with Crippen LogP contribution in [0.4, 0.5) is 0 Å². The summed E-state index contributed by atoms with van der Waals surface area (Å²) in [6.45, 7) is 0.212. The topological polar surface area (TPSA) is 121 Å². The van der Waals surface area contributed by atoms with Crippen LogP contribution >= 0.6 is 0 Å². The summed E-state index contributed by atoms with van der Waals surface area (Å²) in [4.78, 5) is 48.3. The molecule has 8 nitrogen and oxygen atoms in total. The number of aromatic nitrogens is 2. The number of hydrogen-bond acceptors (Lipinski definition) is 6. The number of nitrogens with zero attached hydrogens (tertiary/aromatic N) is 3. The van der Waals surface area contributed by atoms with Crippen molar-refractivity contribution >= 4 is 17.7 Å². The highest BCUT2D eigenvalue weighted by Gasteiger charge is 2.56. The van der Waals surface area contributed by atoms with E-state index in [9.17, 15) is 24.6 Å². The van der Waals surface area contributed by atoms with Crippen molar-refractivity contribution in [2.45, 2.75) is 18.6 Å². The van der Waals surface area contributed by atoms with Gasteiger partial charge in [-0.1, -0.05) is 42.5 Å². The summed E-state index contributed by atoms with van der Waals surface area (Å²) in [5, 5.41) is 20.0. The lowest BCUT2D eigenvalue weighted by Gasteiger charge is -2.46. The Morgan fingerprint density at radius 1 is 0.750 bits per heavy atom. The van der Waals surface area contributed by atoms with Crippen LogP contribution in [0.25, 0.3) is 0 Å². The molecular formula is C24H21N3O5. The summed E-state index contributed by atoms with van der Waals surface area (Å²) in [6.07, 6.45) is 3.05. The van der Waals surface area contributed by atoms with Crippen molar-refractivity contribution in [3.63, 3.8) is 0 Å². The number of carboxylic acid groups (broad SMARTS) is 2. The van der Waals surface area contributed by atoms with Gasteiger partial charge in [0.05, 0.1) is 23.5 Å². The monoisotopic (exact) mass is 431 g/mol. The van der Waals surface area contributed by atoms with E-state index in [4.69, 9.17) is 0 Å². The maximum atomic E-state index is 13.3. The van der Waals surface area contributed by atoms with Crippen LogP contribution in [0.5, 0.6) is 0 Å². The van der Waals surface area contributed by atoms with Crippen molar-refractivity contribution in [2.75, 3.05) is 0 Å². The number of benzene rings is 1. The van der Waals surface area contributed by atoms with Gasteiger partial charge in [-0.15, -0.1) is 0 Å². The molecule has 162 valence electrons. The van der Waals surface area contributed by atoms with Crippen molar-refractivity contribution in [1.82, 2.24) is 14.9 Å². The van der Waals surface area contributed by atoms with Gasteiger partial charge >= 0.3 is 11.9 Å². The lowest BCUT2D eigenvalue weighted by Crippen LogP contribution is -2.55. The minimum absolute atomic E-state index is 0.212. The molecule has 1 saturated heterocycles. The Hall–Kier alpha value is -3.91. The predicted molar refractivity (Wildman–Crippen MR) is 113 cm³/mol. The average molecular weight is 431 g/mol. The molecule has 2 N–H and O–H groups in total. The molecule has 3 aromatic rings. The molecule has 1 aromatic carbocycles. The molecular weight excluding hydrogens is 410 g/mol. The summed E-state index contributed by atoms with van der Waals surface area (Å²) in [6, 6.07) is 17.5. The van der Waals surface area contributed by atoms with Crippen LogP contribution in [-0.2, 0) is 20.9 Å². The molecule has 0 amide bonds. The lowest BCUT2D eigenvalue weighted by molar-refractivity contribution is -0.166. The quantitative estimate of drug-likeness (QED) is 0.572. The first-order valence-electron chi connectivity index (χ1n) is 10.1. The number of carboxylic acids is 2. The number of aliphatic carboxylic acids is 2. The molecule has 0 spiro atoms. The summed E-state index contributed by atoms with van der Waals surface area (Å²) in [7, 11) is 0. The Bertz CT molecular complexity index is 1040. The highest BCUT2D eigenvalue weighted by atomic mass is 16.4. The third-order valence-corrected chi connectivity index (χ3v) is 5.68. The highest BCUT2D eigenvalue weighted by molar-refractivity contribution is 6.09. The molecule has 0 aliphatic carbocycles. The van der Waals surface area contributed by atoms with E-state index in [1.807, 2.05) is 30.3 Å². The fourth-order valence-electron chi connectivity index (χ4n) is 4.35. The fourth-order valence-corrected chi connectivity index (χ4v) is 4.35. The number of carbonyl (C=O) groups is 3. The third-order valence-electron chi connectivity index (χ3n) is 5.68. The molecule has 2 unspecified atom stereocenters. The molecule has 4 atom stereocenters. The van der Waals surface area contributed by atoms with E-state index in [2.05, 4.69) is 9.97 Å². The summed E-state index contributed by atoms with van der Waals surface area (Å²) < 4.78 is 0. The van der Waals surface area contributed by atoms with Crippen molar-refractivity contribution in [2.24, 2.45) is 11.8 Å². The Balaban J connectivity index is 1.94. The van der Waals surface area contributed by atoms with Gasteiger partial charge in [0, 0.05) is 18.9 Å². The molecule has 0 bridgehead atoms.